The molecule has 16 heteroatoms. The summed E-state index contributed by atoms with van der Waals surface area (Å²) in [5.41, 5.74) is -2.27. The first-order chi connectivity index (χ1) is 28.0. The number of fused-ring (bicyclic) bond motifs is 2. The molecule has 8 rings (SSSR count). The minimum Gasteiger partial charge on any atom is -0.507 e. The van der Waals surface area contributed by atoms with Crippen molar-refractivity contribution < 1.29 is 45.3 Å². The van der Waals surface area contributed by atoms with Crippen molar-refractivity contribution in [3.8, 4) is 34.0 Å². The van der Waals surface area contributed by atoms with Crippen LogP contribution in [0.1, 0.15) is 33.4 Å². The maximum Gasteiger partial charge on any atom is 0.418 e. The fourth-order valence-electron chi connectivity index (χ4n) is 7.24. The number of rotatable bonds is 8. The normalized spacial score (nSPS) is 12.2. The molecule has 0 aliphatic carbocycles. The quantitative estimate of drug-likeness (QED) is 0.149. The van der Waals surface area contributed by atoms with Crippen LogP contribution in [0.25, 0.3) is 44.3 Å². The van der Waals surface area contributed by atoms with Gasteiger partial charge in [0.15, 0.2) is 0 Å². The van der Waals surface area contributed by atoms with Gasteiger partial charge in [-0.3, -0.25) is 9.36 Å². The topological polar surface area (TPSA) is 76.1 Å². The molecule has 0 unspecified atom stereocenters. The predicted octanol–water partition coefficient (Wildman–Crippen LogP) is 12.4. The zero-order chi connectivity index (χ0) is 42.0. The number of alkyl halides is 6. The molecular formula is C43H26Cl2F8N4O2. The summed E-state index contributed by atoms with van der Waals surface area (Å²) >= 11 is 11.9. The molecule has 2 aromatic heterocycles. The van der Waals surface area contributed by atoms with Gasteiger partial charge in [0.1, 0.15) is 34.2 Å². The molecule has 8 aromatic rings. The van der Waals surface area contributed by atoms with E-state index in [1.807, 2.05) is 0 Å². The average molecular weight is 854 g/mol. The van der Waals surface area contributed by atoms with E-state index in [2.05, 4.69) is 10.2 Å². The van der Waals surface area contributed by atoms with Crippen LogP contribution in [0.5, 0.6) is 11.5 Å². The van der Waals surface area contributed by atoms with Crippen LogP contribution in [-0.2, 0) is 31.9 Å². The number of para-hydroxylation sites is 2. The SMILES string of the molecule is Oc1c(Cc2cccc(-c3c4cccc(C(F)(F)F)c4nn3Cc3ccc(Cl)cc3F)c2O)cccc1-c1c2cccc(C(F)(F)F)c2nn1Cc1ccc(Cl)cc1F. The minimum atomic E-state index is -4.80. The Morgan fingerprint density at radius 1 is 0.508 bits per heavy atom. The van der Waals surface area contributed by atoms with Gasteiger partial charge in [-0.15, -0.1) is 0 Å². The molecule has 2 N–H and O–H groups in total. The summed E-state index contributed by atoms with van der Waals surface area (Å²) in [4.78, 5) is 0. The molecule has 0 spiro atoms. The van der Waals surface area contributed by atoms with E-state index >= 15 is 8.78 Å². The van der Waals surface area contributed by atoms with Gasteiger partial charge in [0.2, 0.25) is 0 Å². The van der Waals surface area contributed by atoms with E-state index in [1.54, 1.807) is 0 Å². The van der Waals surface area contributed by atoms with Gasteiger partial charge >= 0.3 is 12.4 Å². The van der Waals surface area contributed by atoms with Gasteiger partial charge in [-0.1, -0.05) is 83.9 Å². The van der Waals surface area contributed by atoms with E-state index in [9.17, 15) is 36.6 Å². The number of phenolic OH excluding ortho intramolecular Hbond substituents is 2. The largest absolute Gasteiger partial charge is 0.507 e. The smallest absolute Gasteiger partial charge is 0.418 e. The first kappa shape index (κ1) is 39.7. The molecule has 2 heterocycles. The molecule has 0 saturated carbocycles. The Kier molecular flexibility index (Phi) is 10.0. The van der Waals surface area contributed by atoms with Crippen molar-refractivity contribution in [1.82, 2.24) is 19.6 Å². The fourth-order valence-corrected chi connectivity index (χ4v) is 7.55. The van der Waals surface area contributed by atoms with Crippen LogP contribution in [0.4, 0.5) is 35.1 Å². The van der Waals surface area contributed by atoms with Crippen molar-refractivity contribution in [2.75, 3.05) is 0 Å². The third-order valence-electron chi connectivity index (χ3n) is 9.95. The van der Waals surface area contributed by atoms with Gasteiger partial charge in [0, 0.05) is 49.5 Å². The van der Waals surface area contributed by atoms with Crippen LogP contribution in [-0.4, -0.2) is 29.8 Å². The maximum absolute atomic E-state index is 15.0. The highest BCUT2D eigenvalue weighted by molar-refractivity contribution is 6.30. The lowest BCUT2D eigenvalue weighted by Crippen LogP contribution is -2.08. The molecule has 6 aromatic carbocycles. The summed E-state index contributed by atoms with van der Waals surface area (Å²) in [5, 5.41) is 32.4. The molecule has 0 saturated heterocycles. The highest BCUT2D eigenvalue weighted by atomic mass is 35.5. The third-order valence-corrected chi connectivity index (χ3v) is 10.4. The van der Waals surface area contributed by atoms with Crippen LogP contribution >= 0.6 is 23.2 Å². The van der Waals surface area contributed by atoms with Crippen molar-refractivity contribution in [2.45, 2.75) is 31.9 Å². The second-order valence-electron chi connectivity index (χ2n) is 13.7. The van der Waals surface area contributed by atoms with E-state index in [0.717, 1.165) is 33.6 Å². The fraction of sp³-hybridized carbons (Fsp3) is 0.116. The van der Waals surface area contributed by atoms with Crippen molar-refractivity contribution in [2.24, 2.45) is 0 Å². The van der Waals surface area contributed by atoms with Gasteiger partial charge in [-0.25, -0.2) is 8.78 Å². The molecule has 300 valence electrons. The molecule has 59 heavy (non-hydrogen) atoms. The van der Waals surface area contributed by atoms with Crippen molar-refractivity contribution in [3.05, 3.63) is 164 Å². The van der Waals surface area contributed by atoms with E-state index < -0.39 is 57.6 Å². The first-order valence-corrected chi connectivity index (χ1v) is 18.4. The summed E-state index contributed by atoms with van der Waals surface area (Å²) in [6, 6.07) is 23.6. The Bertz CT molecular complexity index is 2740. The minimum absolute atomic E-state index is 0.0157. The number of hydrogen-bond acceptors (Lipinski definition) is 4. The van der Waals surface area contributed by atoms with Crippen molar-refractivity contribution >= 4 is 45.0 Å². The monoisotopic (exact) mass is 852 g/mol. The predicted molar refractivity (Wildman–Crippen MR) is 208 cm³/mol. The number of aromatic hydroxyl groups is 2. The van der Waals surface area contributed by atoms with E-state index in [4.69, 9.17) is 23.2 Å². The maximum atomic E-state index is 15.0. The standard InChI is InChI=1S/C43H26Cl2F8N4O2/c44-26-15-13-24(34(46)18-26)20-56-38(28-7-3-11-32(36(28)54-56)42(48,49)50)30-9-1-5-22(40(30)58)17-23-6-2-10-31(41(23)59)39-29-8-4-12-33(43(51,52)53)37(29)55-57(39)21-25-14-16-27(45)19-35(25)47/h1-16,18-19,58-59H,17,20-21H2. The highest BCUT2D eigenvalue weighted by Gasteiger charge is 2.36. The Balaban J connectivity index is 1.25. The lowest BCUT2D eigenvalue weighted by atomic mass is 9.95. The summed E-state index contributed by atoms with van der Waals surface area (Å²) in [7, 11) is 0. The number of benzene rings is 6. The zero-order valence-electron chi connectivity index (χ0n) is 30.0. The Hall–Kier alpha value is -6.12. The Labute approximate surface area is 339 Å². The second-order valence-corrected chi connectivity index (χ2v) is 14.6. The number of aromatic nitrogens is 4. The van der Waals surface area contributed by atoms with E-state index in [1.165, 1.54) is 84.9 Å². The molecular weight excluding hydrogens is 827 g/mol. The summed E-state index contributed by atoms with van der Waals surface area (Å²) in [6.45, 7) is -0.678. The molecule has 0 fully saturated rings. The second kappa shape index (κ2) is 14.9. The van der Waals surface area contributed by atoms with E-state index in [-0.39, 0.29) is 85.1 Å². The number of nitrogens with zero attached hydrogens (tertiary/aromatic N) is 4. The molecule has 6 nitrogen and oxygen atoms in total. The van der Waals surface area contributed by atoms with Crippen LogP contribution in [0.2, 0.25) is 10.0 Å². The number of halogens is 10. The number of hydrogen-bond donors (Lipinski definition) is 2. The highest BCUT2D eigenvalue weighted by Crippen LogP contribution is 2.45. The summed E-state index contributed by atoms with van der Waals surface area (Å²) in [6.07, 6.45) is -9.78. The van der Waals surface area contributed by atoms with Gasteiger partial charge < -0.3 is 10.2 Å². The van der Waals surface area contributed by atoms with E-state index in [0.29, 0.717) is 0 Å². The number of phenols is 2. The molecule has 0 atom stereocenters. The molecule has 0 aliphatic rings. The molecule has 0 bridgehead atoms. The van der Waals surface area contributed by atoms with Gasteiger partial charge in [0.25, 0.3) is 0 Å². The van der Waals surface area contributed by atoms with Crippen LogP contribution in [0, 0.1) is 11.6 Å². The Morgan fingerprint density at radius 2 is 0.898 bits per heavy atom. The van der Waals surface area contributed by atoms with Gasteiger partial charge in [-0.2, -0.15) is 36.5 Å². The lowest BCUT2D eigenvalue weighted by molar-refractivity contribution is -0.137. The van der Waals surface area contributed by atoms with Crippen LogP contribution in [0.3, 0.4) is 0 Å². The van der Waals surface area contributed by atoms with Gasteiger partial charge in [0.05, 0.1) is 35.6 Å². The average Bonchev–Trinajstić information content (AvgIpc) is 3.72. The van der Waals surface area contributed by atoms with Crippen LogP contribution < -0.4 is 0 Å². The first-order valence-electron chi connectivity index (χ1n) is 17.6. The van der Waals surface area contributed by atoms with Gasteiger partial charge in [-0.05, 0) is 59.7 Å². The molecule has 0 aliphatic heterocycles. The summed E-state index contributed by atoms with van der Waals surface area (Å²) < 4.78 is 118. The summed E-state index contributed by atoms with van der Waals surface area (Å²) in [5.74, 6) is -2.24. The Morgan fingerprint density at radius 3 is 1.27 bits per heavy atom. The third kappa shape index (κ3) is 7.42. The molecule has 0 radical (unpaired) electrons. The lowest BCUT2D eigenvalue weighted by Gasteiger charge is -2.15. The van der Waals surface area contributed by atoms with Crippen LogP contribution in [0.15, 0.2) is 109 Å². The van der Waals surface area contributed by atoms with Crippen molar-refractivity contribution in [1.29, 1.82) is 0 Å². The molecule has 0 amide bonds. The zero-order valence-corrected chi connectivity index (χ0v) is 31.5. The van der Waals surface area contributed by atoms with Crippen molar-refractivity contribution in [3.63, 3.8) is 0 Å².